The lowest BCUT2D eigenvalue weighted by molar-refractivity contribution is 0.0696. The van der Waals surface area contributed by atoms with Gasteiger partial charge in [-0.2, -0.15) is 14.6 Å². The van der Waals surface area contributed by atoms with E-state index in [9.17, 15) is 9.90 Å². The molecule has 0 radical (unpaired) electrons. The van der Waals surface area contributed by atoms with Crippen LogP contribution in [0.3, 0.4) is 0 Å². The molecule has 0 fully saturated rings. The fourth-order valence-electron chi connectivity index (χ4n) is 2.19. The molecule has 6 nitrogen and oxygen atoms in total. The topological polar surface area (TPSA) is 80.4 Å². The molecular formula is C14H12N4O2. The monoisotopic (exact) mass is 268 g/mol. The summed E-state index contributed by atoms with van der Waals surface area (Å²) in [6.07, 6.45) is 1.37. The van der Waals surface area contributed by atoms with Gasteiger partial charge in [0.15, 0.2) is 0 Å². The Kier molecular flexibility index (Phi) is 2.71. The van der Waals surface area contributed by atoms with E-state index in [1.54, 1.807) is 6.92 Å². The first-order chi connectivity index (χ1) is 9.58. The highest BCUT2D eigenvalue weighted by atomic mass is 16.4. The Labute approximate surface area is 114 Å². The molecule has 0 aliphatic heterocycles. The largest absolute Gasteiger partial charge is 0.478 e. The van der Waals surface area contributed by atoms with E-state index in [2.05, 4.69) is 15.1 Å². The van der Waals surface area contributed by atoms with E-state index in [0.29, 0.717) is 17.2 Å². The first kappa shape index (κ1) is 12.3. The van der Waals surface area contributed by atoms with Crippen LogP contribution in [-0.2, 0) is 0 Å². The van der Waals surface area contributed by atoms with Crippen LogP contribution < -0.4 is 0 Å². The molecule has 2 heterocycles. The molecule has 3 aromatic rings. The van der Waals surface area contributed by atoms with Gasteiger partial charge in [0.1, 0.15) is 11.9 Å². The maximum absolute atomic E-state index is 11.5. The number of hydrogen-bond donors (Lipinski definition) is 1. The number of carbonyl (C=O) groups is 1. The number of hydrogen-bond acceptors (Lipinski definition) is 4. The highest BCUT2D eigenvalue weighted by Gasteiger charge is 2.21. The predicted molar refractivity (Wildman–Crippen MR) is 72.7 cm³/mol. The first-order valence-electron chi connectivity index (χ1n) is 6.08. The van der Waals surface area contributed by atoms with Crippen LogP contribution in [0.2, 0.25) is 0 Å². The minimum absolute atomic E-state index is 0.145. The van der Waals surface area contributed by atoms with Crippen molar-refractivity contribution in [2.24, 2.45) is 0 Å². The van der Waals surface area contributed by atoms with E-state index < -0.39 is 5.97 Å². The fraction of sp³-hybridized carbons (Fsp3) is 0.143. The summed E-state index contributed by atoms with van der Waals surface area (Å²) in [5.41, 5.74) is 2.94. The number of benzene rings is 1. The lowest BCUT2D eigenvalue weighted by Crippen LogP contribution is -2.10. The van der Waals surface area contributed by atoms with Gasteiger partial charge in [-0.1, -0.05) is 29.8 Å². The molecule has 0 unspecified atom stereocenters. The van der Waals surface area contributed by atoms with Gasteiger partial charge < -0.3 is 5.11 Å². The van der Waals surface area contributed by atoms with E-state index in [1.165, 1.54) is 10.8 Å². The molecule has 1 N–H and O–H groups in total. The highest BCUT2D eigenvalue weighted by molar-refractivity contribution is 5.96. The van der Waals surface area contributed by atoms with E-state index in [-0.39, 0.29) is 5.56 Å². The van der Waals surface area contributed by atoms with Crippen molar-refractivity contribution in [2.75, 3.05) is 0 Å². The molecule has 3 rings (SSSR count). The summed E-state index contributed by atoms with van der Waals surface area (Å²) in [5.74, 6) is -0.633. The SMILES string of the molecule is Cc1ccc(-c2c(C(=O)O)c(C)nc3ncnn23)cc1. The molecule has 6 heteroatoms. The molecule has 1 aromatic carbocycles. The summed E-state index contributed by atoms with van der Waals surface area (Å²) in [4.78, 5) is 19.7. The second-order valence-corrected chi connectivity index (χ2v) is 4.56. The van der Waals surface area contributed by atoms with Crippen LogP contribution in [0.25, 0.3) is 17.0 Å². The number of carboxylic acid groups (broad SMARTS) is 1. The van der Waals surface area contributed by atoms with Gasteiger partial charge in [0.05, 0.1) is 11.4 Å². The average molecular weight is 268 g/mol. The fourth-order valence-corrected chi connectivity index (χ4v) is 2.19. The number of nitrogens with zero attached hydrogens (tertiary/aromatic N) is 4. The zero-order valence-corrected chi connectivity index (χ0v) is 11.0. The zero-order valence-electron chi connectivity index (χ0n) is 11.0. The van der Waals surface area contributed by atoms with Crippen molar-refractivity contribution in [3.8, 4) is 11.3 Å². The Hall–Kier alpha value is -2.76. The number of aryl methyl sites for hydroxylation is 2. The molecule has 20 heavy (non-hydrogen) atoms. The summed E-state index contributed by atoms with van der Waals surface area (Å²) in [6.45, 7) is 3.64. The second kappa shape index (κ2) is 4.41. The van der Waals surface area contributed by atoms with E-state index >= 15 is 0 Å². The van der Waals surface area contributed by atoms with Gasteiger partial charge in [-0.3, -0.25) is 0 Å². The average Bonchev–Trinajstić information content (AvgIpc) is 2.85. The summed E-state index contributed by atoms with van der Waals surface area (Å²) < 4.78 is 1.46. The maximum Gasteiger partial charge on any atom is 0.339 e. The number of fused-ring (bicyclic) bond motifs is 1. The molecular weight excluding hydrogens is 256 g/mol. The van der Waals surface area contributed by atoms with Crippen LogP contribution in [0.5, 0.6) is 0 Å². The predicted octanol–water partition coefficient (Wildman–Crippen LogP) is 2.11. The van der Waals surface area contributed by atoms with Gasteiger partial charge in [-0.05, 0) is 13.8 Å². The molecule has 0 saturated heterocycles. The third-order valence-electron chi connectivity index (χ3n) is 3.15. The van der Waals surface area contributed by atoms with Crippen molar-refractivity contribution < 1.29 is 9.90 Å². The minimum Gasteiger partial charge on any atom is -0.478 e. The van der Waals surface area contributed by atoms with Crippen LogP contribution in [-0.4, -0.2) is 30.7 Å². The van der Waals surface area contributed by atoms with Crippen molar-refractivity contribution in [3.63, 3.8) is 0 Å². The first-order valence-corrected chi connectivity index (χ1v) is 6.08. The normalized spacial score (nSPS) is 10.9. The van der Waals surface area contributed by atoms with Crippen molar-refractivity contribution >= 4 is 11.7 Å². The van der Waals surface area contributed by atoms with Gasteiger partial charge >= 0.3 is 5.97 Å². The molecule has 0 atom stereocenters. The van der Waals surface area contributed by atoms with Crippen molar-refractivity contribution in [2.45, 2.75) is 13.8 Å². The van der Waals surface area contributed by atoms with Crippen LogP contribution in [0.4, 0.5) is 0 Å². The quantitative estimate of drug-likeness (QED) is 0.769. The summed E-state index contributed by atoms with van der Waals surface area (Å²) >= 11 is 0. The standard InChI is InChI=1S/C14H12N4O2/c1-8-3-5-10(6-4-8)12-11(13(19)20)9(2)17-14-15-7-16-18(12)14/h3-7H,1-2H3,(H,19,20). The molecule has 0 bridgehead atoms. The van der Waals surface area contributed by atoms with Crippen LogP contribution >= 0.6 is 0 Å². The summed E-state index contributed by atoms with van der Waals surface area (Å²) in [7, 11) is 0. The lowest BCUT2D eigenvalue weighted by atomic mass is 10.0. The Morgan fingerprint density at radius 3 is 2.55 bits per heavy atom. The van der Waals surface area contributed by atoms with Gasteiger partial charge in [0.2, 0.25) is 0 Å². The minimum atomic E-state index is -1.03. The molecule has 0 aliphatic carbocycles. The summed E-state index contributed by atoms with van der Waals surface area (Å²) in [5, 5.41) is 13.5. The number of aromatic carboxylic acids is 1. The second-order valence-electron chi connectivity index (χ2n) is 4.56. The molecule has 0 spiro atoms. The van der Waals surface area contributed by atoms with Crippen molar-refractivity contribution in [1.82, 2.24) is 19.6 Å². The van der Waals surface area contributed by atoms with E-state index in [1.807, 2.05) is 31.2 Å². The molecule has 100 valence electrons. The summed E-state index contributed by atoms with van der Waals surface area (Å²) in [6, 6.07) is 7.61. The van der Waals surface area contributed by atoms with Gasteiger partial charge in [0.25, 0.3) is 5.78 Å². The highest BCUT2D eigenvalue weighted by Crippen LogP contribution is 2.26. The van der Waals surface area contributed by atoms with Gasteiger partial charge in [-0.25, -0.2) is 9.78 Å². The third kappa shape index (κ3) is 1.82. The third-order valence-corrected chi connectivity index (χ3v) is 3.15. The maximum atomic E-state index is 11.5. The van der Waals surface area contributed by atoms with Gasteiger partial charge in [-0.15, -0.1) is 0 Å². The molecule has 2 aromatic heterocycles. The number of carboxylic acids is 1. The zero-order chi connectivity index (χ0) is 14.3. The smallest absolute Gasteiger partial charge is 0.339 e. The van der Waals surface area contributed by atoms with Crippen LogP contribution in [0.1, 0.15) is 21.6 Å². The Balaban J connectivity index is 2.42. The Morgan fingerprint density at radius 2 is 1.90 bits per heavy atom. The van der Waals surface area contributed by atoms with Gasteiger partial charge in [0, 0.05) is 5.56 Å². The van der Waals surface area contributed by atoms with E-state index in [0.717, 1.165) is 11.1 Å². The molecule has 0 aliphatic rings. The van der Waals surface area contributed by atoms with Crippen LogP contribution in [0, 0.1) is 13.8 Å². The number of rotatable bonds is 2. The van der Waals surface area contributed by atoms with Crippen molar-refractivity contribution in [1.29, 1.82) is 0 Å². The lowest BCUT2D eigenvalue weighted by Gasteiger charge is -2.10. The van der Waals surface area contributed by atoms with E-state index in [4.69, 9.17) is 0 Å². The van der Waals surface area contributed by atoms with Crippen LogP contribution in [0.15, 0.2) is 30.6 Å². The molecule has 0 amide bonds. The number of aromatic nitrogens is 4. The Bertz CT molecular complexity index is 806. The van der Waals surface area contributed by atoms with Crippen molar-refractivity contribution in [3.05, 3.63) is 47.4 Å². The molecule has 0 saturated carbocycles. The Morgan fingerprint density at radius 1 is 1.20 bits per heavy atom.